The van der Waals surface area contributed by atoms with Gasteiger partial charge in [-0.25, -0.2) is 4.68 Å². The maximum Gasteiger partial charge on any atom is 0.418 e. The van der Waals surface area contributed by atoms with Crippen molar-refractivity contribution in [3.63, 3.8) is 0 Å². The topological polar surface area (TPSA) is 59.4 Å². The van der Waals surface area contributed by atoms with E-state index in [4.69, 9.17) is 4.74 Å². The van der Waals surface area contributed by atoms with Crippen LogP contribution in [-0.2, 0) is 23.8 Å². The molecule has 2 heterocycles. The number of alkyl halides is 3. The van der Waals surface area contributed by atoms with E-state index in [-0.39, 0.29) is 11.4 Å². The molecule has 1 amide bonds. The van der Waals surface area contributed by atoms with Crippen molar-refractivity contribution in [2.45, 2.75) is 38.3 Å². The fourth-order valence-corrected chi connectivity index (χ4v) is 4.82. The number of nitrogens with zero attached hydrogens (tertiary/aromatic N) is 3. The van der Waals surface area contributed by atoms with Gasteiger partial charge in [0.25, 0.3) is 5.91 Å². The molecule has 5 rings (SSSR count). The maximum absolute atomic E-state index is 14.0. The first-order valence-corrected chi connectivity index (χ1v) is 11.9. The van der Waals surface area contributed by atoms with E-state index in [1.807, 2.05) is 35.2 Å². The number of carbonyl (C=O) groups is 1. The molecule has 0 bridgehead atoms. The van der Waals surface area contributed by atoms with Crippen molar-refractivity contribution in [1.82, 2.24) is 9.78 Å². The molecule has 9 heteroatoms. The maximum atomic E-state index is 14.0. The minimum Gasteiger partial charge on any atom is -0.378 e. The number of ether oxygens (including phenoxy) is 1. The molecule has 1 fully saturated rings. The number of fused-ring (bicyclic) bond motifs is 1. The molecule has 1 aliphatic heterocycles. The third-order valence-corrected chi connectivity index (χ3v) is 6.58. The number of hydrogen-bond acceptors (Lipinski definition) is 4. The average molecular weight is 485 g/mol. The summed E-state index contributed by atoms with van der Waals surface area (Å²) < 4.78 is 49.0. The summed E-state index contributed by atoms with van der Waals surface area (Å²) in [6.07, 6.45) is -0.250. The summed E-state index contributed by atoms with van der Waals surface area (Å²) in [5.74, 6) is -0.623. The van der Waals surface area contributed by atoms with Crippen LogP contribution in [0, 0.1) is 0 Å². The van der Waals surface area contributed by atoms with Crippen LogP contribution < -0.4 is 10.2 Å². The lowest BCUT2D eigenvalue weighted by Gasteiger charge is -2.29. The second-order valence-corrected chi connectivity index (χ2v) is 8.86. The van der Waals surface area contributed by atoms with Crippen LogP contribution in [0.2, 0.25) is 0 Å². The molecule has 2 aliphatic rings. The molecule has 0 unspecified atom stereocenters. The number of hydrogen-bond donors (Lipinski definition) is 1. The first-order chi connectivity index (χ1) is 16.9. The van der Waals surface area contributed by atoms with Crippen molar-refractivity contribution in [2.24, 2.45) is 0 Å². The van der Waals surface area contributed by atoms with Crippen LogP contribution in [0.25, 0.3) is 5.69 Å². The number of morpholine rings is 1. The van der Waals surface area contributed by atoms with E-state index in [1.165, 1.54) is 6.07 Å². The van der Waals surface area contributed by atoms with Gasteiger partial charge in [-0.05, 0) is 56.0 Å². The highest BCUT2D eigenvalue weighted by atomic mass is 19.4. The monoisotopic (exact) mass is 484 g/mol. The van der Waals surface area contributed by atoms with Gasteiger partial charge >= 0.3 is 6.18 Å². The van der Waals surface area contributed by atoms with Crippen LogP contribution >= 0.6 is 0 Å². The predicted molar refractivity (Wildman–Crippen MR) is 127 cm³/mol. The Balaban J connectivity index is 1.49. The van der Waals surface area contributed by atoms with Crippen molar-refractivity contribution < 1.29 is 22.7 Å². The van der Waals surface area contributed by atoms with Crippen LogP contribution in [0.5, 0.6) is 0 Å². The van der Waals surface area contributed by atoms with E-state index >= 15 is 0 Å². The first kappa shape index (κ1) is 23.4. The molecule has 35 heavy (non-hydrogen) atoms. The Morgan fingerprint density at radius 3 is 2.43 bits per heavy atom. The molecule has 0 saturated carbocycles. The number of halogens is 3. The average Bonchev–Trinajstić information content (AvgIpc) is 3.05. The summed E-state index contributed by atoms with van der Waals surface area (Å²) >= 11 is 0. The Hall–Kier alpha value is -3.33. The number of para-hydroxylation sites is 1. The molecule has 1 saturated heterocycles. The van der Waals surface area contributed by atoms with Crippen molar-refractivity contribution in [3.8, 4) is 5.69 Å². The molecule has 2 aromatic carbocycles. The molecule has 0 atom stereocenters. The number of amides is 1. The second-order valence-electron chi connectivity index (χ2n) is 8.86. The fourth-order valence-electron chi connectivity index (χ4n) is 4.82. The highest BCUT2D eigenvalue weighted by molar-refractivity contribution is 6.04. The van der Waals surface area contributed by atoms with Gasteiger partial charge in [-0.1, -0.05) is 24.6 Å². The molecule has 0 radical (unpaired) electrons. The van der Waals surface area contributed by atoms with E-state index in [2.05, 4.69) is 10.4 Å². The Morgan fingerprint density at radius 1 is 0.943 bits per heavy atom. The molecule has 1 N–H and O–H groups in total. The minimum atomic E-state index is -4.62. The standard InChI is InChI=1S/C26H27F3N4O2/c27-26(28,29)21-17-19(32-13-15-35-16-14-32)11-12-22(21)30-25(34)24-20-9-5-2-6-10-23(20)33(31-24)18-7-3-1-4-8-18/h1,3-4,7-8,11-12,17H,2,5-6,9-10,13-16H2,(H,30,34). The Bertz CT molecular complexity index is 1200. The van der Waals surface area contributed by atoms with Crippen molar-refractivity contribution >= 4 is 17.3 Å². The van der Waals surface area contributed by atoms with Gasteiger partial charge in [0.1, 0.15) is 0 Å². The number of benzene rings is 2. The zero-order valence-electron chi connectivity index (χ0n) is 19.3. The molecular formula is C26H27F3N4O2. The third-order valence-electron chi connectivity index (χ3n) is 6.58. The number of anilines is 2. The van der Waals surface area contributed by atoms with Crippen LogP contribution in [0.4, 0.5) is 24.5 Å². The van der Waals surface area contributed by atoms with Gasteiger partial charge in [-0.2, -0.15) is 18.3 Å². The second kappa shape index (κ2) is 9.73. The summed E-state index contributed by atoms with van der Waals surface area (Å²) in [5.41, 5.74) is 2.12. The van der Waals surface area contributed by atoms with Gasteiger partial charge in [0.15, 0.2) is 5.69 Å². The first-order valence-electron chi connectivity index (χ1n) is 11.9. The zero-order valence-corrected chi connectivity index (χ0v) is 19.3. The lowest BCUT2D eigenvalue weighted by atomic mass is 10.1. The fraction of sp³-hybridized carbons (Fsp3) is 0.385. The summed E-state index contributed by atoms with van der Waals surface area (Å²) in [5, 5.41) is 7.10. The number of carbonyl (C=O) groups excluding carboxylic acids is 1. The normalized spacial score (nSPS) is 16.5. The zero-order chi connectivity index (χ0) is 24.4. The molecule has 1 aromatic heterocycles. The van der Waals surface area contributed by atoms with Crippen LogP contribution in [0.3, 0.4) is 0 Å². The Kier molecular flexibility index (Phi) is 6.51. The molecule has 3 aromatic rings. The summed E-state index contributed by atoms with van der Waals surface area (Å²) in [4.78, 5) is 15.2. The summed E-state index contributed by atoms with van der Waals surface area (Å²) in [6, 6.07) is 13.6. The van der Waals surface area contributed by atoms with Crippen molar-refractivity contribution in [1.29, 1.82) is 0 Å². The Labute approximate surface area is 201 Å². The Morgan fingerprint density at radius 2 is 1.69 bits per heavy atom. The molecule has 1 aliphatic carbocycles. The smallest absolute Gasteiger partial charge is 0.378 e. The number of nitrogens with one attached hydrogen (secondary N) is 1. The van der Waals surface area contributed by atoms with E-state index in [9.17, 15) is 18.0 Å². The largest absolute Gasteiger partial charge is 0.418 e. The van der Waals surface area contributed by atoms with E-state index in [0.29, 0.717) is 38.4 Å². The lowest BCUT2D eigenvalue weighted by Crippen LogP contribution is -2.36. The number of rotatable bonds is 4. The predicted octanol–water partition coefficient (Wildman–Crippen LogP) is 5.25. The molecular weight excluding hydrogens is 457 g/mol. The van der Waals surface area contributed by atoms with Crippen LogP contribution in [0.1, 0.15) is 46.6 Å². The van der Waals surface area contributed by atoms with E-state index < -0.39 is 17.6 Å². The van der Waals surface area contributed by atoms with Crippen molar-refractivity contribution in [3.05, 3.63) is 71.0 Å². The van der Waals surface area contributed by atoms with Gasteiger partial charge in [0, 0.05) is 30.0 Å². The van der Waals surface area contributed by atoms with Crippen molar-refractivity contribution in [2.75, 3.05) is 36.5 Å². The van der Waals surface area contributed by atoms with Gasteiger partial charge < -0.3 is 15.0 Å². The molecule has 0 spiro atoms. The SMILES string of the molecule is O=C(Nc1ccc(N2CCOCC2)cc1C(F)(F)F)c1nn(-c2ccccc2)c2c1CCCCC2. The van der Waals surface area contributed by atoms with E-state index in [1.54, 1.807) is 10.7 Å². The summed E-state index contributed by atoms with van der Waals surface area (Å²) in [7, 11) is 0. The van der Waals surface area contributed by atoms with Gasteiger partial charge in [0.2, 0.25) is 0 Å². The highest BCUT2D eigenvalue weighted by Crippen LogP contribution is 2.38. The molecule has 184 valence electrons. The number of aromatic nitrogens is 2. The highest BCUT2D eigenvalue weighted by Gasteiger charge is 2.35. The lowest BCUT2D eigenvalue weighted by molar-refractivity contribution is -0.136. The van der Waals surface area contributed by atoms with E-state index in [0.717, 1.165) is 48.7 Å². The van der Waals surface area contributed by atoms with Crippen LogP contribution in [-0.4, -0.2) is 42.0 Å². The third kappa shape index (κ3) is 4.91. The van der Waals surface area contributed by atoms with Crippen LogP contribution in [0.15, 0.2) is 48.5 Å². The quantitative estimate of drug-likeness (QED) is 0.514. The van der Waals surface area contributed by atoms with Gasteiger partial charge in [0.05, 0.1) is 30.2 Å². The molecule has 6 nitrogen and oxygen atoms in total. The van der Waals surface area contributed by atoms with Gasteiger partial charge in [-0.3, -0.25) is 4.79 Å². The minimum absolute atomic E-state index is 0.191. The van der Waals surface area contributed by atoms with Gasteiger partial charge in [-0.15, -0.1) is 0 Å². The summed E-state index contributed by atoms with van der Waals surface area (Å²) in [6.45, 7) is 1.97.